The van der Waals surface area contributed by atoms with Crippen LogP contribution in [0.4, 0.5) is 10.3 Å². The van der Waals surface area contributed by atoms with Gasteiger partial charge in [0.25, 0.3) is 0 Å². The highest BCUT2D eigenvalue weighted by molar-refractivity contribution is 9.10. The average molecular weight is 447 g/mol. The van der Waals surface area contributed by atoms with Gasteiger partial charge in [0.2, 0.25) is 11.9 Å². The summed E-state index contributed by atoms with van der Waals surface area (Å²) in [6.45, 7) is 0.0556. The molecule has 9 heteroatoms. The number of nitrogens with one attached hydrogen (secondary N) is 1. The van der Waals surface area contributed by atoms with Crippen molar-refractivity contribution in [1.29, 1.82) is 0 Å². The van der Waals surface area contributed by atoms with E-state index in [1.54, 1.807) is 28.9 Å². The van der Waals surface area contributed by atoms with Gasteiger partial charge in [-0.05, 0) is 39.7 Å². The van der Waals surface area contributed by atoms with Gasteiger partial charge in [-0.25, -0.2) is 9.07 Å². The molecular weight excluding hydrogens is 431 g/mol. The summed E-state index contributed by atoms with van der Waals surface area (Å²) in [6, 6.07) is 9.74. The molecule has 1 amide bonds. The summed E-state index contributed by atoms with van der Waals surface area (Å²) in [7, 11) is 1.52. The van der Waals surface area contributed by atoms with E-state index in [-0.39, 0.29) is 30.8 Å². The summed E-state index contributed by atoms with van der Waals surface area (Å²) in [4.78, 5) is 16.1. The van der Waals surface area contributed by atoms with Crippen molar-refractivity contribution < 1.29 is 18.7 Å². The number of halogens is 2. The van der Waals surface area contributed by atoms with Gasteiger partial charge in [-0.1, -0.05) is 18.2 Å². The Hall–Kier alpha value is -2.94. The third-order valence-corrected chi connectivity index (χ3v) is 5.05. The first kappa shape index (κ1) is 18.4. The van der Waals surface area contributed by atoms with Crippen molar-refractivity contribution in [2.45, 2.75) is 19.1 Å². The van der Waals surface area contributed by atoms with Gasteiger partial charge in [-0.2, -0.15) is 10.1 Å². The Kier molecular flexibility index (Phi) is 4.99. The smallest absolute Gasteiger partial charge is 0.229 e. The molecule has 2 aromatic carbocycles. The minimum atomic E-state index is -0.332. The molecule has 0 saturated heterocycles. The molecule has 0 fully saturated rings. The van der Waals surface area contributed by atoms with E-state index in [1.807, 2.05) is 6.07 Å². The van der Waals surface area contributed by atoms with Crippen LogP contribution < -0.4 is 14.8 Å². The maximum Gasteiger partial charge on any atom is 0.229 e. The third-order valence-electron chi connectivity index (χ3n) is 4.46. The van der Waals surface area contributed by atoms with E-state index in [9.17, 15) is 9.18 Å². The molecule has 7 nitrogen and oxygen atoms in total. The SMILES string of the molecule is COc1cc([C@H]2CC(=O)Nc3ncnn32)cc(Br)c1OCc1ccccc1F. The largest absolute Gasteiger partial charge is 0.493 e. The Morgan fingerprint density at radius 1 is 1.36 bits per heavy atom. The fourth-order valence-electron chi connectivity index (χ4n) is 3.10. The Morgan fingerprint density at radius 2 is 2.18 bits per heavy atom. The fourth-order valence-corrected chi connectivity index (χ4v) is 3.68. The van der Waals surface area contributed by atoms with Crippen molar-refractivity contribution in [3.63, 3.8) is 0 Å². The van der Waals surface area contributed by atoms with E-state index < -0.39 is 0 Å². The number of nitrogens with zero attached hydrogens (tertiary/aromatic N) is 3. The molecular formula is C19H16BrFN4O3. The van der Waals surface area contributed by atoms with Crippen molar-refractivity contribution in [3.05, 3.63) is 64.1 Å². The molecule has 1 N–H and O–H groups in total. The molecule has 28 heavy (non-hydrogen) atoms. The molecule has 4 rings (SSSR count). The van der Waals surface area contributed by atoms with Gasteiger partial charge in [0.05, 0.1) is 24.0 Å². The predicted molar refractivity (Wildman–Crippen MR) is 103 cm³/mol. The van der Waals surface area contributed by atoms with Gasteiger partial charge >= 0.3 is 0 Å². The zero-order valence-electron chi connectivity index (χ0n) is 14.9. The van der Waals surface area contributed by atoms with E-state index in [0.29, 0.717) is 27.5 Å². The number of hydrogen-bond acceptors (Lipinski definition) is 5. The van der Waals surface area contributed by atoms with E-state index in [1.165, 1.54) is 19.5 Å². The van der Waals surface area contributed by atoms with Gasteiger partial charge in [-0.15, -0.1) is 0 Å². The lowest BCUT2D eigenvalue weighted by Crippen LogP contribution is -2.29. The highest BCUT2D eigenvalue weighted by Crippen LogP contribution is 2.41. The second kappa shape index (κ2) is 7.59. The van der Waals surface area contributed by atoms with Crippen LogP contribution in [0, 0.1) is 5.82 Å². The monoisotopic (exact) mass is 446 g/mol. The van der Waals surface area contributed by atoms with Gasteiger partial charge < -0.3 is 9.47 Å². The van der Waals surface area contributed by atoms with E-state index in [0.717, 1.165) is 5.56 Å². The summed E-state index contributed by atoms with van der Waals surface area (Å²) >= 11 is 3.50. The Balaban J connectivity index is 1.65. The van der Waals surface area contributed by atoms with Crippen LogP contribution in [0.2, 0.25) is 0 Å². The number of fused-ring (bicyclic) bond motifs is 1. The number of carbonyl (C=O) groups excluding carboxylic acids is 1. The molecule has 0 aliphatic carbocycles. The van der Waals surface area contributed by atoms with Crippen LogP contribution in [0.3, 0.4) is 0 Å². The number of amides is 1. The molecule has 0 radical (unpaired) electrons. The second-order valence-electron chi connectivity index (χ2n) is 6.21. The van der Waals surface area contributed by atoms with Gasteiger partial charge in [0, 0.05) is 5.56 Å². The topological polar surface area (TPSA) is 78.3 Å². The number of aromatic nitrogens is 3. The quantitative estimate of drug-likeness (QED) is 0.646. The first-order chi connectivity index (χ1) is 13.6. The molecule has 0 bridgehead atoms. The maximum absolute atomic E-state index is 13.9. The highest BCUT2D eigenvalue weighted by Gasteiger charge is 2.29. The zero-order valence-corrected chi connectivity index (χ0v) is 16.4. The molecule has 1 aliphatic heterocycles. The molecule has 1 aliphatic rings. The second-order valence-corrected chi connectivity index (χ2v) is 7.06. The number of rotatable bonds is 5. The van der Waals surface area contributed by atoms with E-state index in [2.05, 4.69) is 31.3 Å². The molecule has 0 unspecified atom stereocenters. The normalized spacial score (nSPS) is 15.7. The van der Waals surface area contributed by atoms with Crippen LogP contribution >= 0.6 is 15.9 Å². The van der Waals surface area contributed by atoms with Crippen LogP contribution in [0.25, 0.3) is 0 Å². The van der Waals surface area contributed by atoms with E-state index in [4.69, 9.17) is 9.47 Å². The lowest BCUT2D eigenvalue weighted by atomic mass is 10.0. The molecule has 0 spiro atoms. The standard InChI is InChI=1S/C19H16BrFN4O3/c1-27-16-7-12(15-8-17(26)24-19-22-10-23-25(15)19)6-13(20)18(16)28-9-11-4-2-3-5-14(11)21/h2-7,10,15H,8-9H2,1H3,(H,22,23,24,26)/t15-/m1/s1. The number of benzene rings is 2. The third kappa shape index (κ3) is 3.45. The van der Waals surface area contributed by atoms with Crippen LogP contribution in [-0.4, -0.2) is 27.8 Å². The molecule has 2 heterocycles. The molecule has 1 atom stereocenters. The summed E-state index contributed by atoms with van der Waals surface area (Å²) in [5, 5.41) is 6.89. The van der Waals surface area contributed by atoms with Crippen LogP contribution in [0.15, 0.2) is 47.2 Å². The van der Waals surface area contributed by atoms with Crippen LogP contribution in [0.1, 0.15) is 23.6 Å². The first-order valence-electron chi connectivity index (χ1n) is 8.50. The Labute approximate surface area is 168 Å². The van der Waals surface area contributed by atoms with Crippen molar-refractivity contribution >= 4 is 27.8 Å². The van der Waals surface area contributed by atoms with Crippen molar-refractivity contribution in [2.24, 2.45) is 0 Å². The van der Waals surface area contributed by atoms with Crippen LogP contribution in [-0.2, 0) is 11.4 Å². The van der Waals surface area contributed by atoms with Gasteiger partial charge in [-0.3, -0.25) is 10.1 Å². The van der Waals surface area contributed by atoms with Gasteiger partial charge in [0.15, 0.2) is 11.5 Å². The Bertz CT molecular complexity index is 1040. The Morgan fingerprint density at radius 3 is 2.96 bits per heavy atom. The number of carbonyl (C=O) groups is 1. The molecule has 3 aromatic rings. The summed E-state index contributed by atoms with van der Waals surface area (Å²) in [6.07, 6.45) is 1.62. The first-order valence-corrected chi connectivity index (χ1v) is 9.29. The van der Waals surface area contributed by atoms with Crippen molar-refractivity contribution in [3.8, 4) is 11.5 Å². The lowest BCUT2D eigenvalue weighted by Gasteiger charge is -2.25. The predicted octanol–water partition coefficient (Wildman–Crippen LogP) is 3.70. The highest BCUT2D eigenvalue weighted by atomic mass is 79.9. The fraction of sp³-hybridized carbons (Fsp3) is 0.211. The minimum Gasteiger partial charge on any atom is -0.493 e. The maximum atomic E-state index is 13.9. The zero-order chi connectivity index (χ0) is 19.7. The average Bonchev–Trinajstić information content (AvgIpc) is 3.15. The van der Waals surface area contributed by atoms with Gasteiger partial charge in [0.1, 0.15) is 18.8 Å². The molecule has 144 valence electrons. The minimum absolute atomic E-state index is 0.0556. The summed E-state index contributed by atoms with van der Waals surface area (Å²) in [5.74, 6) is 0.847. The van der Waals surface area contributed by atoms with Crippen LogP contribution in [0.5, 0.6) is 11.5 Å². The lowest BCUT2D eigenvalue weighted by molar-refractivity contribution is -0.117. The van der Waals surface area contributed by atoms with E-state index >= 15 is 0 Å². The summed E-state index contributed by atoms with van der Waals surface area (Å²) < 4.78 is 27.4. The number of hydrogen-bond donors (Lipinski definition) is 1. The number of ether oxygens (including phenoxy) is 2. The number of anilines is 1. The van der Waals surface area contributed by atoms with Crippen molar-refractivity contribution in [2.75, 3.05) is 12.4 Å². The molecule has 0 saturated carbocycles. The van der Waals surface area contributed by atoms with Crippen molar-refractivity contribution in [1.82, 2.24) is 14.8 Å². The number of methoxy groups -OCH3 is 1. The summed E-state index contributed by atoms with van der Waals surface area (Å²) in [5.41, 5.74) is 1.25. The molecule has 1 aromatic heterocycles.